The molecule has 10 heteroatoms. The molecule has 0 saturated heterocycles. The lowest BCUT2D eigenvalue weighted by Crippen LogP contribution is -2.46. The normalized spacial score (nSPS) is 18.2. The van der Waals surface area contributed by atoms with Gasteiger partial charge in [0.1, 0.15) is 12.4 Å². The highest BCUT2D eigenvalue weighted by atomic mass is 127. The quantitative estimate of drug-likeness (QED) is 0.0127. The molecule has 0 aliphatic rings. The van der Waals surface area contributed by atoms with E-state index in [2.05, 4.69) is 155 Å². The minimum atomic E-state index is -2.07. The minimum Gasteiger partial charge on any atom is -0.458 e. The minimum absolute atomic E-state index is 0.00180. The van der Waals surface area contributed by atoms with E-state index >= 15 is 0 Å². The first-order chi connectivity index (χ1) is 27.7. The first-order valence-electron chi connectivity index (χ1n) is 23.2. The third-order valence-corrected chi connectivity index (χ3v) is 28.1. The molecule has 0 aliphatic heterocycles. The summed E-state index contributed by atoms with van der Waals surface area (Å²) in [6.07, 6.45) is 20.3. The fraction of sp³-hybridized carbons (Fsp3) is 0.755. The Kier molecular flexibility index (Phi) is 29.0. The Bertz CT molecular complexity index is 1280. The first-order valence-corrected chi connectivity index (χ1v) is 32.5. The lowest BCUT2D eigenvalue weighted by Gasteiger charge is -2.40. The highest BCUT2D eigenvalue weighted by Gasteiger charge is 2.41. The fourth-order valence-electron chi connectivity index (χ4n) is 7.94. The van der Waals surface area contributed by atoms with E-state index in [-0.39, 0.29) is 53.2 Å². The molecule has 0 aliphatic carbocycles. The number of allylic oxidation sites excluding steroid dienone is 4. The molecule has 9 atom stereocenters. The second kappa shape index (κ2) is 29.5. The topological polar surface area (TPSA) is 71.1 Å². The molecule has 6 nitrogen and oxygen atoms in total. The summed E-state index contributed by atoms with van der Waals surface area (Å²) in [5, 5.41) is 0.0401. The van der Waals surface area contributed by atoms with Gasteiger partial charge >= 0.3 is 5.97 Å². The molecule has 0 fully saturated rings. The predicted molar refractivity (Wildman–Crippen MR) is 272 cm³/mol. The van der Waals surface area contributed by atoms with Gasteiger partial charge in [0.2, 0.25) is 0 Å². The zero-order valence-electron chi connectivity index (χ0n) is 40.8. The molecule has 0 bridgehead atoms. The monoisotopic (exact) mass is 987 g/mol. The van der Waals surface area contributed by atoms with E-state index in [4.69, 9.17) is 18.0 Å². The van der Waals surface area contributed by atoms with Gasteiger partial charge in [-0.05, 0) is 89.1 Å². The summed E-state index contributed by atoms with van der Waals surface area (Å²) >= 11 is 2.34. The zero-order chi connectivity index (χ0) is 45.5. The van der Waals surface area contributed by atoms with Crippen LogP contribution in [-0.4, -0.2) is 61.6 Å². The van der Waals surface area contributed by atoms with Crippen LogP contribution in [0.4, 0.5) is 0 Å². The Labute approximate surface area is 381 Å². The van der Waals surface area contributed by atoms with Crippen LogP contribution < -0.4 is 0 Å². The van der Waals surface area contributed by atoms with Gasteiger partial charge < -0.3 is 22.8 Å². The van der Waals surface area contributed by atoms with Crippen LogP contribution in [0.3, 0.4) is 0 Å². The number of aldehydes is 1. The van der Waals surface area contributed by atoms with E-state index in [0.717, 1.165) is 68.2 Å². The van der Waals surface area contributed by atoms with Crippen LogP contribution in [0, 0.1) is 29.6 Å². The molecule has 0 aromatic carbocycles. The predicted octanol–water partition coefficient (Wildman–Crippen LogP) is 15.2. The highest BCUT2D eigenvalue weighted by molar-refractivity contribution is 14.1. The van der Waals surface area contributed by atoms with Crippen LogP contribution >= 0.6 is 22.6 Å². The van der Waals surface area contributed by atoms with Gasteiger partial charge in [0.05, 0.1) is 18.3 Å². The van der Waals surface area contributed by atoms with E-state index in [0.29, 0.717) is 18.3 Å². The zero-order valence-corrected chi connectivity index (χ0v) is 45.9. The number of halogens is 1. The Morgan fingerprint density at radius 3 is 1.68 bits per heavy atom. The first kappa shape index (κ1) is 58.1. The van der Waals surface area contributed by atoms with Crippen molar-refractivity contribution in [3.05, 3.63) is 59.3 Å². The average molecular weight is 987 g/mol. The summed E-state index contributed by atoms with van der Waals surface area (Å²) in [6.45, 7) is 39.9. The van der Waals surface area contributed by atoms with Gasteiger partial charge in [-0.3, -0.25) is 0 Å². The van der Waals surface area contributed by atoms with Crippen LogP contribution in [-0.2, 0) is 27.6 Å². The molecule has 0 spiro atoms. The summed E-state index contributed by atoms with van der Waals surface area (Å²) < 4.78 is 29.7. The molecule has 0 aromatic rings. The smallest absolute Gasteiger partial charge is 0.331 e. The van der Waals surface area contributed by atoms with Gasteiger partial charge in [-0.15, -0.1) is 0 Å². The maximum absolute atomic E-state index is 13.6. The highest BCUT2D eigenvalue weighted by Crippen LogP contribution is 2.39. The maximum Gasteiger partial charge on any atom is 0.331 e. The van der Waals surface area contributed by atoms with E-state index < -0.39 is 25.0 Å². The van der Waals surface area contributed by atoms with Crippen LogP contribution in [0.15, 0.2) is 59.3 Å². The molecular formula is C49H91IO6Si3. The van der Waals surface area contributed by atoms with E-state index in [9.17, 15) is 9.59 Å². The number of carbonyl (C=O) groups is 2. The van der Waals surface area contributed by atoms with Gasteiger partial charge in [0.15, 0.2) is 25.0 Å². The standard InChI is InChI=1S/C49H91IO6Si3/c1-18-25-30-41(10)48(53-46(52)34-29-27-31-39(8)44(36-38-51)54-57(16,17)49(13,14)15)43(12)45(55-58(19-2,20-3)21-4)33-28-26-32-40(9)47(42(11)35-37-50)56-59(22-5,23-6)24-7/h18,25,27,29-31,34-35,37-45,47-48H,1,19-24,26,28,32-33,36H2,2-17H3/b30-25-,31-27+,34-29-,37-35-/t39-,40+,41+,42+,43+,44+,45-,47-,48+/m1/s1. The number of rotatable bonds is 32. The maximum atomic E-state index is 13.6. The molecule has 0 heterocycles. The van der Waals surface area contributed by atoms with Gasteiger partial charge in [0, 0.05) is 24.3 Å². The van der Waals surface area contributed by atoms with Crippen molar-refractivity contribution in [3.8, 4) is 0 Å². The van der Waals surface area contributed by atoms with Crippen LogP contribution in [0.1, 0.15) is 129 Å². The summed E-state index contributed by atoms with van der Waals surface area (Å²) in [4.78, 5) is 25.1. The van der Waals surface area contributed by atoms with Gasteiger partial charge in [-0.2, -0.15) is 0 Å². The van der Waals surface area contributed by atoms with Crippen LogP contribution in [0.5, 0.6) is 0 Å². The van der Waals surface area contributed by atoms with E-state index in [1.54, 1.807) is 12.2 Å². The molecule has 59 heavy (non-hydrogen) atoms. The second-order valence-electron chi connectivity index (χ2n) is 18.8. The van der Waals surface area contributed by atoms with Gasteiger partial charge in [0.25, 0.3) is 0 Å². The van der Waals surface area contributed by atoms with Crippen molar-refractivity contribution in [1.82, 2.24) is 0 Å². The number of hydrogen-bond donors (Lipinski definition) is 0. The Hall–Kier alpha value is -0.899. The average Bonchev–Trinajstić information content (AvgIpc) is 3.20. The molecular weight excluding hydrogens is 896 g/mol. The van der Waals surface area contributed by atoms with Crippen LogP contribution in [0.2, 0.25) is 54.4 Å². The van der Waals surface area contributed by atoms with Crippen molar-refractivity contribution < 1.29 is 27.6 Å². The fourth-order valence-corrected chi connectivity index (χ4v) is 16.0. The molecule has 0 radical (unpaired) electrons. The number of esters is 1. The number of carbonyl (C=O) groups excluding carboxylic acids is 2. The molecule has 0 amide bonds. The number of ether oxygens (including phenoxy) is 1. The molecule has 0 saturated carbocycles. The third kappa shape index (κ3) is 20.0. The Balaban J connectivity index is 6.36. The second-order valence-corrected chi connectivity index (χ2v) is 33.7. The molecule has 0 aromatic heterocycles. The Morgan fingerprint density at radius 1 is 0.678 bits per heavy atom. The lowest BCUT2D eigenvalue weighted by atomic mass is 9.85. The SMILES string of the molecule is C=C/C=C\[C@H](C)[C@H](OC(=O)/C=C\C=C\[C@@H](C)[C@H](CC=O)O[Si](C)(C)C(C)(C)C)[C@@H](C)[C@@H](CCCC[C@H](C)[C@@H](O[Si](CC)(CC)CC)[C@@H](C)/C=C\I)O[Si](CC)(CC)CC. The van der Waals surface area contributed by atoms with Crippen molar-refractivity contribution in [2.75, 3.05) is 0 Å². The summed E-state index contributed by atoms with van der Waals surface area (Å²) in [5.41, 5.74) is 0. The van der Waals surface area contributed by atoms with Crippen molar-refractivity contribution >= 4 is 59.8 Å². The summed E-state index contributed by atoms with van der Waals surface area (Å²) in [6, 6.07) is 6.68. The summed E-state index contributed by atoms with van der Waals surface area (Å²) in [7, 11) is -5.82. The third-order valence-electron chi connectivity index (χ3n) is 13.9. The Morgan fingerprint density at radius 2 is 1.19 bits per heavy atom. The molecule has 0 rings (SSSR count). The molecule has 342 valence electrons. The largest absolute Gasteiger partial charge is 0.458 e. The van der Waals surface area contributed by atoms with Crippen molar-refractivity contribution in [1.29, 1.82) is 0 Å². The number of hydrogen-bond acceptors (Lipinski definition) is 6. The van der Waals surface area contributed by atoms with E-state index in [1.165, 1.54) is 6.08 Å². The van der Waals surface area contributed by atoms with Gasteiger partial charge in [-0.1, -0.05) is 181 Å². The summed E-state index contributed by atoms with van der Waals surface area (Å²) in [5.74, 6) is 0.391. The van der Waals surface area contributed by atoms with Crippen molar-refractivity contribution in [2.45, 2.75) is 208 Å². The van der Waals surface area contributed by atoms with Gasteiger partial charge in [-0.25, -0.2) is 4.79 Å². The molecule has 0 N–H and O–H groups in total. The van der Waals surface area contributed by atoms with E-state index in [1.807, 2.05) is 18.2 Å². The number of unbranched alkanes of at least 4 members (excludes halogenated alkanes) is 1. The van der Waals surface area contributed by atoms with Crippen LogP contribution in [0.25, 0.3) is 0 Å². The van der Waals surface area contributed by atoms with Crippen molar-refractivity contribution in [2.24, 2.45) is 29.6 Å². The van der Waals surface area contributed by atoms with Crippen molar-refractivity contribution in [3.63, 3.8) is 0 Å². The molecule has 0 unspecified atom stereocenters. The lowest BCUT2D eigenvalue weighted by molar-refractivity contribution is -0.150.